The molecule has 0 bridgehead atoms. The first-order valence-corrected chi connectivity index (χ1v) is 9.02. The minimum absolute atomic E-state index is 0.141. The molecule has 144 valence electrons. The third-order valence-electron chi connectivity index (χ3n) is 4.02. The summed E-state index contributed by atoms with van der Waals surface area (Å²) in [6.45, 7) is 0.191. The second-order valence-electron chi connectivity index (χ2n) is 5.73. The number of anilines is 2. The van der Waals surface area contributed by atoms with E-state index in [0.717, 1.165) is 0 Å². The molecule has 1 N–H and O–H groups in total. The summed E-state index contributed by atoms with van der Waals surface area (Å²) in [5, 5.41) is 3.04. The molecule has 1 fully saturated rings. The molecule has 0 saturated carbocycles. The predicted octanol–water partition coefficient (Wildman–Crippen LogP) is 2.86. The lowest BCUT2D eigenvalue weighted by Crippen LogP contribution is -2.47. The molecule has 0 spiro atoms. The molecule has 3 rings (SSSR count). The molecule has 1 aliphatic rings. The lowest BCUT2D eigenvalue weighted by atomic mass is 10.1. The summed E-state index contributed by atoms with van der Waals surface area (Å²) in [5.41, 5.74) is 0.949. The summed E-state index contributed by atoms with van der Waals surface area (Å²) in [4.78, 5) is 22.8. The van der Waals surface area contributed by atoms with Gasteiger partial charge in [0.2, 0.25) is 11.8 Å². The molecule has 1 saturated heterocycles. The molecule has 1 aromatic carbocycles. The summed E-state index contributed by atoms with van der Waals surface area (Å²) in [5.74, 6) is 0.808. The van der Waals surface area contributed by atoms with Crippen LogP contribution in [-0.2, 0) is 4.74 Å². The fourth-order valence-electron chi connectivity index (χ4n) is 2.63. The van der Waals surface area contributed by atoms with E-state index in [-0.39, 0.29) is 12.5 Å². The molecule has 0 radical (unpaired) electrons. The van der Waals surface area contributed by atoms with Crippen molar-refractivity contribution in [3.8, 4) is 11.6 Å². The quantitative estimate of drug-likeness (QED) is 0.767. The van der Waals surface area contributed by atoms with Crippen LogP contribution in [0.5, 0.6) is 11.6 Å². The number of benzene rings is 1. The molecular formula is C18H21BrN4O4. The minimum atomic E-state index is -1.89. The van der Waals surface area contributed by atoms with Gasteiger partial charge in [0.15, 0.2) is 0 Å². The Hall–Kier alpha value is -2.39. The van der Waals surface area contributed by atoms with Gasteiger partial charge in [-0.3, -0.25) is 4.79 Å². The Bertz CT molecular complexity index is 915. The van der Waals surface area contributed by atoms with Crippen molar-refractivity contribution in [1.82, 2.24) is 14.9 Å². The highest BCUT2D eigenvalue weighted by Gasteiger charge is 2.25. The van der Waals surface area contributed by atoms with Crippen molar-refractivity contribution < 1.29 is 21.7 Å². The van der Waals surface area contributed by atoms with Crippen LogP contribution in [0.4, 0.5) is 11.6 Å². The first-order chi connectivity index (χ1) is 13.8. The normalized spacial score (nSPS) is 19.7. The van der Waals surface area contributed by atoms with E-state index < -0.39 is 12.6 Å². The van der Waals surface area contributed by atoms with Crippen LogP contribution in [0.1, 0.15) is 20.0 Å². The third kappa shape index (κ3) is 4.30. The SMILES string of the molecule is [2H]C1([2H])OCCN(C(=O)c2ccc(Nc3ncc(Br)c(OC)n3)c(OC)c2)[C@H]1C. The molecule has 2 aromatic rings. The standard InChI is InChI=1S/C18H21BrN4O4/c1-11-10-27-7-6-23(11)17(24)12-4-5-14(15(8-12)25-2)21-18-20-9-13(19)16(22-18)26-3/h4-5,8-9,11H,6-7,10H2,1-3H3,(H,20,21,22)/t11-/m0/s1/i10D2. The maximum absolute atomic E-state index is 12.9. The Labute approximate surface area is 168 Å². The van der Waals surface area contributed by atoms with E-state index in [0.29, 0.717) is 39.8 Å². The topological polar surface area (TPSA) is 85.8 Å². The monoisotopic (exact) mass is 438 g/mol. The Kier molecular flexibility index (Phi) is 5.30. The number of ether oxygens (including phenoxy) is 3. The second kappa shape index (κ2) is 8.53. The number of amides is 1. The van der Waals surface area contributed by atoms with Gasteiger partial charge in [-0.2, -0.15) is 4.98 Å². The van der Waals surface area contributed by atoms with Crippen molar-refractivity contribution in [3.63, 3.8) is 0 Å². The zero-order valence-electron chi connectivity index (χ0n) is 17.2. The number of nitrogens with zero attached hydrogens (tertiary/aromatic N) is 3. The number of hydrogen-bond acceptors (Lipinski definition) is 7. The number of aromatic nitrogens is 2. The van der Waals surface area contributed by atoms with Gasteiger partial charge in [-0.05, 0) is 41.1 Å². The number of methoxy groups -OCH3 is 2. The van der Waals surface area contributed by atoms with Crippen LogP contribution in [-0.4, -0.2) is 60.7 Å². The summed E-state index contributed by atoms with van der Waals surface area (Å²) in [7, 11) is 3.00. The number of carbonyl (C=O) groups excluding carboxylic acids is 1. The van der Waals surface area contributed by atoms with E-state index >= 15 is 0 Å². The molecule has 1 amide bonds. The molecule has 1 atom stereocenters. The van der Waals surface area contributed by atoms with E-state index in [1.165, 1.54) is 19.1 Å². The van der Waals surface area contributed by atoms with Gasteiger partial charge in [0.05, 0.1) is 52.5 Å². The molecule has 1 aromatic heterocycles. The Balaban J connectivity index is 1.84. The van der Waals surface area contributed by atoms with E-state index in [4.69, 9.17) is 17.0 Å². The van der Waals surface area contributed by atoms with Gasteiger partial charge in [0.25, 0.3) is 5.91 Å². The van der Waals surface area contributed by atoms with Crippen molar-refractivity contribution in [1.29, 1.82) is 0 Å². The van der Waals surface area contributed by atoms with Gasteiger partial charge >= 0.3 is 0 Å². The summed E-state index contributed by atoms with van der Waals surface area (Å²) < 4.78 is 32.1. The van der Waals surface area contributed by atoms with Gasteiger partial charge in [-0.25, -0.2) is 4.98 Å². The van der Waals surface area contributed by atoms with Gasteiger partial charge in [0.1, 0.15) is 5.75 Å². The average Bonchev–Trinajstić information content (AvgIpc) is 2.71. The molecule has 1 aliphatic heterocycles. The van der Waals surface area contributed by atoms with E-state index in [9.17, 15) is 4.79 Å². The number of halogens is 1. The summed E-state index contributed by atoms with van der Waals surface area (Å²) in [6.07, 6.45) is 1.56. The van der Waals surface area contributed by atoms with Gasteiger partial charge < -0.3 is 24.4 Å². The Morgan fingerprint density at radius 1 is 1.44 bits per heavy atom. The smallest absolute Gasteiger partial charge is 0.254 e. The number of hydrogen-bond donors (Lipinski definition) is 1. The molecule has 8 nitrogen and oxygen atoms in total. The zero-order chi connectivity index (χ0) is 21.2. The molecule has 9 heteroatoms. The zero-order valence-corrected chi connectivity index (χ0v) is 16.7. The molecule has 0 aliphatic carbocycles. The summed E-state index contributed by atoms with van der Waals surface area (Å²) in [6, 6.07) is 4.21. The van der Waals surface area contributed by atoms with Crippen LogP contribution in [0.25, 0.3) is 0 Å². The van der Waals surface area contributed by atoms with Gasteiger partial charge in [-0.1, -0.05) is 0 Å². The predicted molar refractivity (Wildman–Crippen MR) is 104 cm³/mol. The minimum Gasteiger partial charge on any atom is -0.495 e. The lowest BCUT2D eigenvalue weighted by Gasteiger charge is -2.33. The van der Waals surface area contributed by atoms with Gasteiger partial charge in [-0.15, -0.1) is 0 Å². The van der Waals surface area contributed by atoms with Crippen LogP contribution < -0.4 is 14.8 Å². The fraction of sp³-hybridized carbons (Fsp3) is 0.389. The van der Waals surface area contributed by atoms with Crippen molar-refractivity contribution >= 4 is 33.5 Å². The van der Waals surface area contributed by atoms with Crippen molar-refractivity contribution in [2.75, 3.05) is 39.2 Å². The number of carbonyl (C=O) groups is 1. The largest absolute Gasteiger partial charge is 0.495 e. The highest BCUT2D eigenvalue weighted by Crippen LogP contribution is 2.30. The fourth-order valence-corrected chi connectivity index (χ4v) is 2.98. The molecule has 27 heavy (non-hydrogen) atoms. The number of nitrogens with one attached hydrogen (secondary N) is 1. The highest BCUT2D eigenvalue weighted by atomic mass is 79.9. The van der Waals surface area contributed by atoms with E-state index in [1.54, 1.807) is 31.3 Å². The first-order valence-electron chi connectivity index (χ1n) is 9.23. The van der Waals surface area contributed by atoms with Crippen LogP contribution in [0.3, 0.4) is 0 Å². The second-order valence-corrected chi connectivity index (χ2v) is 6.59. The molecular weight excluding hydrogens is 416 g/mol. The Morgan fingerprint density at radius 3 is 3.00 bits per heavy atom. The first kappa shape index (κ1) is 16.8. The summed E-state index contributed by atoms with van der Waals surface area (Å²) >= 11 is 3.30. The van der Waals surface area contributed by atoms with Crippen LogP contribution >= 0.6 is 15.9 Å². The van der Waals surface area contributed by atoms with E-state index in [1.807, 2.05) is 0 Å². The molecule has 2 heterocycles. The van der Waals surface area contributed by atoms with Crippen LogP contribution in [0.15, 0.2) is 28.9 Å². The van der Waals surface area contributed by atoms with E-state index in [2.05, 4.69) is 31.2 Å². The number of morpholine rings is 1. The number of rotatable bonds is 5. The Morgan fingerprint density at radius 2 is 2.26 bits per heavy atom. The van der Waals surface area contributed by atoms with Gasteiger partial charge in [0, 0.05) is 12.1 Å². The lowest BCUT2D eigenvalue weighted by molar-refractivity contribution is 0.00358. The average molecular weight is 439 g/mol. The maximum atomic E-state index is 12.9. The van der Waals surface area contributed by atoms with Crippen molar-refractivity contribution in [3.05, 3.63) is 34.4 Å². The highest BCUT2D eigenvalue weighted by molar-refractivity contribution is 9.10. The van der Waals surface area contributed by atoms with Crippen LogP contribution in [0, 0.1) is 0 Å². The third-order valence-corrected chi connectivity index (χ3v) is 4.56. The van der Waals surface area contributed by atoms with Crippen molar-refractivity contribution in [2.24, 2.45) is 0 Å². The van der Waals surface area contributed by atoms with Crippen LogP contribution in [0.2, 0.25) is 0 Å². The van der Waals surface area contributed by atoms with Crippen molar-refractivity contribution in [2.45, 2.75) is 13.0 Å². The maximum Gasteiger partial charge on any atom is 0.254 e. The molecule has 0 unspecified atom stereocenters.